The van der Waals surface area contributed by atoms with E-state index in [1.54, 1.807) is 18.2 Å². The lowest BCUT2D eigenvalue weighted by Crippen LogP contribution is -2.41. The number of benzene rings is 2. The van der Waals surface area contributed by atoms with Crippen molar-refractivity contribution in [3.05, 3.63) is 70.0 Å². The molecule has 2 aromatic rings. The standard InChI is InChI=1S/C21H25ClFN3O/c1-13(2)26-10-9-19(20(26)16-7-8-17(22)18(23)11-16)25-21(27)15-5-3-14(12-24)4-6-15/h3-8,11,13,19-20H,9-10,12,24H2,1-2H3,(H,25,27). The van der Waals surface area contributed by atoms with Crippen molar-refractivity contribution in [1.29, 1.82) is 0 Å². The van der Waals surface area contributed by atoms with Crippen LogP contribution < -0.4 is 11.1 Å². The van der Waals surface area contributed by atoms with E-state index in [4.69, 9.17) is 17.3 Å². The summed E-state index contributed by atoms with van der Waals surface area (Å²) in [5.74, 6) is -0.569. The fourth-order valence-corrected chi connectivity index (χ4v) is 3.83. The molecule has 0 aromatic heterocycles. The molecule has 1 heterocycles. The van der Waals surface area contributed by atoms with Gasteiger partial charge in [-0.25, -0.2) is 4.39 Å². The summed E-state index contributed by atoms with van der Waals surface area (Å²) >= 11 is 5.84. The van der Waals surface area contributed by atoms with E-state index >= 15 is 0 Å². The van der Waals surface area contributed by atoms with E-state index in [0.29, 0.717) is 12.1 Å². The van der Waals surface area contributed by atoms with E-state index < -0.39 is 5.82 Å². The summed E-state index contributed by atoms with van der Waals surface area (Å²) in [6.45, 7) is 5.49. The molecule has 1 amide bonds. The Kier molecular flexibility index (Phi) is 6.15. The molecular weight excluding hydrogens is 365 g/mol. The first-order valence-corrected chi connectivity index (χ1v) is 9.59. The summed E-state index contributed by atoms with van der Waals surface area (Å²) in [6, 6.07) is 12.3. The number of carbonyl (C=O) groups is 1. The quantitative estimate of drug-likeness (QED) is 0.815. The maximum atomic E-state index is 14.0. The van der Waals surface area contributed by atoms with Gasteiger partial charge in [-0.15, -0.1) is 0 Å². The van der Waals surface area contributed by atoms with Crippen molar-refractivity contribution in [3.63, 3.8) is 0 Å². The van der Waals surface area contributed by atoms with Crippen LogP contribution in [0.2, 0.25) is 5.02 Å². The van der Waals surface area contributed by atoms with Crippen molar-refractivity contribution in [3.8, 4) is 0 Å². The molecule has 2 aromatic carbocycles. The van der Waals surface area contributed by atoms with E-state index in [1.165, 1.54) is 6.07 Å². The lowest BCUT2D eigenvalue weighted by molar-refractivity contribution is 0.0919. The molecule has 2 atom stereocenters. The van der Waals surface area contributed by atoms with Gasteiger partial charge in [0.2, 0.25) is 0 Å². The molecule has 3 rings (SSSR count). The third kappa shape index (κ3) is 4.32. The van der Waals surface area contributed by atoms with Crippen LogP contribution in [0.5, 0.6) is 0 Å². The normalized spacial score (nSPS) is 20.2. The highest BCUT2D eigenvalue weighted by atomic mass is 35.5. The number of rotatable bonds is 5. The summed E-state index contributed by atoms with van der Waals surface area (Å²) in [4.78, 5) is 15.0. The van der Waals surface area contributed by atoms with E-state index in [2.05, 4.69) is 24.1 Å². The average molecular weight is 390 g/mol. The molecule has 0 aliphatic carbocycles. The predicted molar refractivity (Wildman–Crippen MR) is 106 cm³/mol. The lowest BCUT2D eigenvalue weighted by atomic mass is 9.98. The second-order valence-electron chi connectivity index (χ2n) is 7.22. The number of amides is 1. The second kappa shape index (κ2) is 8.38. The van der Waals surface area contributed by atoms with Gasteiger partial charge in [-0.2, -0.15) is 0 Å². The monoisotopic (exact) mass is 389 g/mol. The van der Waals surface area contributed by atoms with Crippen LogP contribution in [0.4, 0.5) is 4.39 Å². The van der Waals surface area contributed by atoms with Crippen LogP contribution >= 0.6 is 11.6 Å². The van der Waals surface area contributed by atoms with Crippen LogP contribution in [0.25, 0.3) is 0 Å². The van der Waals surface area contributed by atoms with Gasteiger partial charge in [0.25, 0.3) is 5.91 Å². The lowest BCUT2D eigenvalue weighted by Gasteiger charge is -2.32. The van der Waals surface area contributed by atoms with Crippen LogP contribution in [0.15, 0.2) is 42.5 Å². The summed E-state index contributed by atoms with van der Waals surface area (Å²) in [6.07, 6.45) is 0.805. The molecular formula is C21H25ClFN3O. The number of nitrogens with zero attached hydrogens (tertiary/aromatic N) is 1. The Balaban J connectivity index is 1.83. The van der Waals surface area contributed by atoms with Gasteiger partial charge in [-0.3, -0.25) is 9.69 Å². The number of likely N-dealkylation sites (tertiary alicyclic amines) is 1. The summed E-state index contributed by atoms with van der Waals surface area (Å²) < 4.78 is 14.0. The minimum atomic E-state index is -0.438. The zero-order valence-corrected chi connectivity index (χ0v) is 16.3. The largest absolute Gasteiger partial charge is 0.347 e. The van der Waals surface area contributed by atoms with Gasteiger partial charge in [0.05, 0.1) is 17.1 Å². The molecule has 6 heteroatoms. The first-order valence-electron chi connectivity index (χ1n) is 9.21. The minimum absolute atomic E-state index is 0.0935. The van der Waals surface area contributed by atoms with Gasteiger partial charge in [0, 0.05) is 24.7 Å². The second-order valence-corrected chi connectivity index (χ2v) is 7.63. The van der Waals surface area contributed by atoms with E-state index in [1.807, 2.05) is 18.2 Å². The van der Waals surface area contributed by atoms with Gasteiger partial charge in [-0.1, -0.05) is 29.8 Å². The molecule has 1 aliphatic heterocycles. The molecule has 1 saturated heterocycles. The predicted octanol–water partition coefficient (Wildman–Crippen LogP) is 3.89. The van der Waals surface area contributed by atoms with Crippen molar-refractivity contribution in [2.45, 2.75) is 44.9 Å². The fraction of sp³-hybridized carbons (Fsp3) is 0.381. The third-order valence-corrected chi connectivity index (χ3v) is 5.46. The Labute approximate surface area is 164 Å². The molecule has 2 unspecified atom stereocenters. The van der Waals surface area contributed by atoms with Crippen LogP contribution in [0, 0.1) is 5.82 Å². The SMILES string of the molecule is CC(C)N1CCC(NC(=O)c2ccc(CN)cc2)C1c1ccc(Cl)c(F)c1. The zero-order valence-electron chi connectivity index (χ0n) is 15.6. The van der Waals surface area contributed by atoms with Gasteiger partial charge in [0.15, 0.2) is 0 Å². The Morgan fingerprint density at radius 1 is 1.30 bits per heavy atom. The fourth-order valence-electron chi connectivity index (χ4n) is 3.71. The molecule has 0 spiro atoms. The summed E-state index contributed by atoms with van der Waals surface area (Å²) in [7, 11) is 0. The van der Waals surface area contributed by atoms with E-state index in [0.717, 1.165) is 24.1 Å². The molecule has 27 heavy (non-hydrogen) atoms. The molecule has 1 fully saturated rings. The van der Waals surface area contributed by atoms with Crippen molar-refractivity contribution in [2.75, 3.05) is 6.54 Å². The van der Waals surface area contributed by atoms with Crippen molar-refractivity contribution < 1.29 is 9.18 Å². The Morgan fingerprint density at radius 2 is 2.00 bits per heavy atom. The van der Waals surface area contributed by atoms with Crippen molar-refractivity contribution in [1.82, 2.24) is 10.2 Å². The summed E-state index contributed by atoms with van der Waals surface area (Å²) in [5.41, 5.74) is 8.01. The first-order chi connectivity index (χ1) is 12.9. The number of nitrogens with one attached hydrogen (secondary N) is 1. The van der Waals surface area contributed by atoms with Crippen LogP contribution in [-0.2, 0) is 6.54 Å². The van der Waals surface area contributed by atoms with Crippen molar-refractivity contribution >= 4 is 17.5 Å². The molecule has 144 valence electrons. The number of hydrogen-bond donors (Lipinski definition) is 2. The number of halogens is 2. The maximum Gasteiger partial charge on any atom is 0.251 e. The molecule has 3 N–H and O–H groups in total. The highest BCUT2D eigenvalue weighted by Crippen LogP contribution is 2.35. The smallest absolute Gasteiger partial charge is 0.251 e. The molecule has 0 radical (unpaired) electrons. The highest BCUT2D eigenvalue weighted by Gasteiger charge is 2.37. The van der Waals surface area contributed by atoms with Crippen LogP contribution in [0.3, 0.4) is 0 Å². The maximum absolute atomic E-state index is 14.0. The molecule has 1 aliphatic rings. The molecule has 0 bridgehead atoms. The third-order valence-electron chi connectivity index (χ3n) is 5.15. The Morgan fingerprint density at radius 3 is 2.59 bits per heavy atom. The molecule has 4 nitrogen and oxygen atoms in total. The van der Waals surface area contributed by atoms with Gasteiger partial charge < -0.3 is 11.1 Å². The van der Waals surface area contributed by atoms with E-state index in [-0.39, 0.29) is 29.1 Å². The Bertz CT molecular complexity index is 810. The first kappa shape index (κ1) is 19.8. The number of hydrogen-bond acceptors (Lipinski definition) is 3. The van der Waals surface area contributed by atoms with Gasteiger partial charge in [-0.05, 0) is 55.7 Å². The van der Waals surface area contributed by atoms with Crippen LogP contribution in [0.1, 0.15) is 47.8 Å². The average Bonchev–Trinajstić information content (AvgIpc) is 3.08. The van der Waals surface area contributed by atoms with Crippen molar-refractivity contribution in [2.24, 2.45) is 5.73 Å². The zero-order chi connectivity index (χ0) is 19.6. The summed E-state index contributed by atoms with van der Waals surface area (Å²) in [5, 5.41) is 3.24. The number of nitrogens with two attached hydrogens (primary N) is 1. The number of carbonyl (C=O) groups excluding carboxylic acids is 1. The molecule has 0 saturated carbocycles. The van der Waals surface area contributed by atoms with Gasteiger partial charge in [0.1, 0.15) is 5.82 Å². The highest BCUT2D eigenvalue weighted by molar-refractivity contribution is 6.30. The van der Waals surface area contributed by atoms with Gasteiger partial charge >= 0.3 is 0 Å². The Hall–Kier alpha value is -1.95. The minimum Gasteiger partial charge on any atom is -0.347 e. The van der Waals surface area contributed by atoms with Crippen LogP contribution in [-0.4, -0.2) is 29.4 Å². The topological polar surface area (TPSA) is 58.4 Å². The van der Waals surface area contributed by atoms with E-state index in [9.17, 15) is 9.18 Å².